The van der Waals surface area contributed by atoms with E-state index in [-0.39, 0.29) is 11.8 Å². The molecule has 1 aliphatic rings. The number of nitrogens with one attached hydrogen (secondary N) is 1. The van der Waals surface area contributed by atoms with Crippen LogP contribution < -0.4 is 19.5 Å². The van der Waals surface area contributed by atoms with Gasteiger partial charge in [-0.25, -0.2) is 0 Å². The summed E-state index contributed by atoms with van der Waals surface area (Å²) in [6.07, 6.45) is 0.696. The first-order valence-electron chi connectivity index (χ1n) is 7.90. The van der Waals surface area contributed by atoms with Gasteiger partial charge in [-0.2, -0.15) is 0 Å². The van der Waals surface area contributed by atoms with Gasteiger partial charge in [-0.1, -0.05) is 18.2 Å². The number of amides is 1. The lowest BCUT2D eigenvalue weighted by atomic mass is 9.96. The second kappa shape index (κ2) is 7.25. The van der Waals surface area contributed by atoms with E-state index in [2.05, 4.69) is 5.32 Å². The molecule has 0 spiro atoms. The molecule has 5 heteroatoms. The van der Waals surface area contributed by atoms with Gasteiger partial charge in [0.15, 0.2) is 0 Å². The number of hydrogen-bond donors (Lipinski definition) is 1. The van der Waals surface area contributed by atoms with Gasteiger partial charge >= 0.3 is 0 Å². The van der Waals surface area contributed by atoms with Crippen molar-refractivity contribution in [2.75, 3.05) is 20.8 Å². The number of carbonyl (C=O) groups is 1. The maximum atomic E-state index is 12.4. The molecular weight excluding hydrogens is 306 g/mol. The summed E-state index contributed by atoms with van der Waals surface area (Å²) in [6.45, 7) is 0.812. The standard InChI is InChI=1S/C19H21NO4/c1-22-16-8-7-14(18(10-16)23-2)11-20-19(21)15-9-13-5-3-4-6-17(13)24-12-15/h3-8,10,15H,9,11-12H2,1-2H3,(H,20,21). The molecule has 5 nitrogen and oxygen atoms in total. The molecule has 1 heterocycles. The van der Waals surface area contributed by atoms with Gasteiger partial charge in [0.1, 0.15) is 23.9 Å². The van der Waals surface area contributed by atoms with Crippen molar-refractivity contribution in [3.8, 4) is 17.2 Å². The lowest BCUT2D eigenvalue weighted by molar-refractivity contribution is -0.126. The van der Waals surface area contributed by atoms with E-state index in [0.29, 0.717) is 25.3 Å². The van der Waals surface area contributed by atoms with E-state index in [0.717, 1.165) is 22.6 Å². The summed E-state index contributed by atoms with van der Waals surface area (Å²) in [6, 6.07) is 13.4. The van der Waals surface area contributed by atoms with Crippen molar-refractivity contribution >= 4 is 5.91 Å². The second-order valence-corrected chi connectivity index (χ2v) is 5.72. The number of rotatable bonds is 5. The molecule has 0 bridgehead atoms. The van der Waals surface area contributed by atoms with Crippen molar-refractivity contribution < 1.29 is 19.0 Å². The molecule has 2 aromatic carbocycles. The Morgan fingerprint density at radius 1 is 1.21 bits per heavy atom. The number of para-hydroxylation sites is 1. The SMILES string of the molecule is COc1ccc(CNC(=O)C2COc3ccccc3C2)c(OC)c1. The van der Waals surface area contributed by atoms with Gasteiger partial charge in [-0.3, -0.25) is 4.79 Å². The number of carbonyl (C=O) groups excluding carboxylic acids is 1. The molecule has 0 fully saturated rings. The average molecular weight is 327 g/mol. The van der Waals surface area contributed by atoms with Crippen molar-refractivity contribution in [1.82, 2.24) is 5.32 Å². The molecular formula is C19H21NO4. The minimum absolute atomic E-state index is 0.0117. The lowest BCUT2D eigenvalue weighted by Gasteiger charge is -2.24. The zero-order valence-corrected chi connectivity index (χ0v) is 13.9. The molecule has 24 heavy (non-hydrogen) atoms. The van der Waals surface area contributed by atoms with Crippen molar-refractivity contribution in [1.29, 1.82) is 0 Å². The van der Waals surface area contributed by atoms with Crippen molar-refractivity contribution in [2.45, 2.75) is 13.0 Å². The minimum Gasteiger partial charge on any atom is -0.497 e. The van der Waals surface area contributed by atoms with E-state index in [4.69, 9.17) is 14.2 Å². The highest BCUT2D eigenvalue weighted by Crippen LogP contribution is 2.27. The molecule has 0 saturated carbocycles. The quantitative estimate of drug-likeness (QED) is 0.917. The third-order valence-electron chi connectivity index (χ3n) is 4.20. The minimum atomic E-state index is -0.177. The largest absolute Gasteiger partial charge is 0.497 e. The van der Waals surface area contributed by atoms with Crippen LogP contribution in [0.4, 0.5) is 0 Å². The molecule has 0 radical (unpaired) electrons. The van der Waals surface area contributed by atoms with Gasteiger partial charge < -0.3 is 19.5 Å². The highest BCUT2D eigenvalue weighted by Gasteiger charge is 2.25. The van der Waals surface area contributed by atoms with Gasteiger partial charge in [-0.15, -0.1) is 0 Å². The normalized spacial score (nSPS) is 15.8. The fraction of sp³-hybridized carbons (Fsp3) is 0.316. The summed E-state index contributed by atoms with van der Waals surface area (Å²) in [5.41, 5.74) is 1.98. The number of benzene rings is 2. The van der Waals surface area contributed by atoms with Crippen LogP contribution in [-0.4, -0.2) is 26.7 Å². The van der Waals surface area contributed by atoms with Gasteiger partial charge in [-0.05, 0) is 30.2 Å². The Kier molecular flexibility index (Phi) is 4.89. The topological polar surface area (TPSA) is 56.8 Å². The van der Waals surface area contributed by atoms with Gasteiger partial charge in [0.2, 0.25) is 5.91 Å². The summed E-state index contributed by atoms with van der Waals surface area (Å²) in [4.78, 5) is 12.4. The Labute approximate surface area is 141 Å². The third kappa shape index (κ3) is 3.45. The second-order valence-electron chi connectivity index (χ2n) is 5.72. The van der Waals surface area contributed by atoms with Crippen LogP contribution in [0.15, 0.2) is 42.5 Å². The van der Waals surface area contributed by atoms with Crippen molar-refractivity contribution in [3.05, 3.63) is 53.6 Å². The predicted octanol–water partition coefficient (Wildman–Crippen LogP) is 2.57. The number of fused-ring (bicyclic) bond motifs is 1. The number of methoxy groups -OCH3 is 2. The zero-order chi connectivity index (χ0) is 16.9. The van der Waals surface area contributed by atoms with Crippen LogP contribution in [-0.2, 0) is 17.8 Å². The molecule has 1 amide bonds. The summed E-state index contributed by atoms with van der Waals surface area (Å²) < 4.78 is 16.2. The average Bonchev–Trinajstić information content (AvgIpc) is 2.65. The molecule has 1 N–H and O–H groups in total. The Bertz CT molecular complexity index is 729. The maximum Gasteiger partial charge on any atom is 0.227 e. The summed E-state index contributed by atoms with van der Waals surface area (Å²) in [7, 11) is 3.21. The van der Waals surface area contributed by atoms with Crippen molar-refractivity contribution in [3.63, 3.8) is 0 Å². The van der Waals surface area contributed by atoms with E-state index in [1.54, 1.807) is 20.3 Å². The van der Waals surface area contributed by atoms with E-state index in [1.165, 1.54) is 0 Å². The molecule has 2 aromatic rings. The van der Waals surface area contributed by atoms with E-state index < -0.39 is 0 Å². The Hall–Kier alpha value is -2.69. The van der Waals surface area contributed by atoms with Crippen LogP contribution >= 0.6 is 0 Å². The Balaban J connectivity index is 1.62. The predicted molar refractivity (Wildman–Crippen MR) is 90.5 cm³/mol. The molecule has 0 aromatic heterocycles. The molecule has 0 saturated heterocycles. The van der Waals surface area contributed by atoms with Crippen LogP contribution in [0.1, 0.15) is 11.1 Å². The first-order chi connectivity index (χ1) is 11.7. The molecule has 1 unspecified atom stereocenters. The summed E-state index contributed by atoms with van der Waals surface area (Å²) in [5, 5.41) is 2.97. The van der Waals surface area contributed by atoms with E-state index >= 15 is 0 Å². The highest BCUT2D eigenvalue weighted by molar-refractivity contribution is 5.79. The van der Waals surface area contributed by atoms with E-state index in [9.17, 15) is 4.79 Å². The highest BCUT2D eigenvalue weighted by atomic mass is 16.5. The first-order valence-corrected chi connectivity index (χ1v) is 7.90. The monoisotopic (exact) mass is 327 g/mol. The molecule has 1 atom stereocenters. The number of ether oxygens (including phenoxy) is 3. The number of hydrogen-bond acceptors (Lipinski definition) is 4. The maximum absolute atomic E-state index is 12.4. The Morgan fingerprint density at radius 2 is 2.04 bits per heavy atom. The van der Waals surface area contributed by atoms with Crippen LogP contribution in [0, 0.1) is 5.92 Å². The third-order valence-corrected chi connectivity index (χ3v) is 4.20. The fourth-order valence-corrected chi connectivity index (χ4v) is 2.82. The Morgan fingerprint density at radius 3 is 2.83 bits per heavy atom. The van der Waals surface area contributed by atoms with Crippen molar-refractivity contribution in [2.24, 2.45) is 5.92 Å². The van der Waals surface area contributed by atoms with E-state index in [1.807, 2.05) is 36.4 Å². The fourth-order valence-electron chi connectivity index (χ4n) is 2.82. The zero-order valence-electron chi connectivity index (χ0n) is 13.9. The molecule has 1 aliphatic heterocycles. The summed E-state index contributed by atoms with van der Waals surface area (Å²) >= 11 is 0. The summed E-state index contributed by atoms with van der Waals surface area (Å²) in [5.74, 6) is 2.10. The lowest BCUT2D eigenvalue weighted by Crippen LogP contribution is -2.37. The van der Waals surface area contributed by atoms with Gasteiger partial charge in [0.25, 0.3) is 0 Å². The van der Waals surface area contributed by atoms with Gasteiger partial charge in [0.05, 0.1) is 20.1 Å². The van der Waals surface area contributed by atoms with Crippen LogP contribution in [0.2, 0.25) is 0 Å². The van der Waals surface area contributed by atoms with Crippen LogP contribution in [0.5, 0.6) is 17.2 Å². The van der Waals surface area contributed by atoms with Crippen LogP contribution in [0.25, 0.3) is 0 Å². The first kappa shape index (κ1) is 16.2. The smallest absolute Gasteiger partial charge is 0.227 e. The van der Waals surface area contributed by atoms with Gasteiger partial charge in [0, 0.05) is 18.2 Å². The van der Waals surface area contributed by atoms with Crippen LogP contribution in [0.3, 0.4) is 0 Å². The molecule has 126 valence electrons. The molecule has 3 rings (SSSR count). The molecule has 0 aliphatic carbocycles.